The number of nitrogens with two attached hydrogens (primary N) is 1. The molecular weight excluding hydrogens is 1550 g/mol. The number of likely N-dealkylation sites (tertiary alicyclic amines) is 2. The number of hydrogen-bond acceptors (Lipinski definition) is 27. The lowest BCUT2D eigenvalue weighted by atomic mass is 9.99. The molecule has 0 spiro atoms. The first-order chi connectivity index (χ1) is 58.6. The van der Waals surface area contributed by atoms with Crippen LogP contribution < -0.4 is 43.0 Å². The smallest absolute Gasteiger partial charge is 0.303 e. The number of fused-ring (bicyclic) bond motifs is 4. The first kappa shape index (κ1) is 89.1. The SMILES string of the molecule is NCCN1CC(Nc2cc(C(=O)CC[C@H](O)CN3CCc4ccccc4C3)ncn2)C1.O=C(CCCCCCCNc1cccc2c1C(=O)N(C1CCC(=O)NC1=O)C2=O)NCCN1CC(Nc2cc(C(=O)CC[C@H](O)CN3CCc4ccccc4C3)ncn2)C1.O=C(O)CCCCCCCNc1cccc2c1C(=O)N(C1CCC(=O)NC1=O)C2=O. The Morgan fingerprint density at radius 2 is 0.901 bits per heavy atom. The molecule has 4 fully saturated rings. The zero-order valence-electron chi connectivity index (χ0n) is 68.5. The molecule has 0 radical (unpaired) electrons. The minimum atomic E-state index is -0.998. The van der Waals surface area contributed by atoms with Gasteiger partial charge in [-0.05, 0) is 111 Å². The lowest BCUT2D eigenvalue weighted by molar-refractivity contribution is -0.138. The molecule has 0 saturated carbocycles. The van der Waals surface area contributed by atoms with Crippen LogP contribution in [-0.2, 0) is 54.7 Å². The van der Waals surface area contributed by atoms with Crippen molar-refractivity contribution in [2.75, 3.05) is 113 Å². The maximum absolute atomic E-state index is 13.3. The second kappa shape index (κ2) is 43.9. The number of piperidine rings is 2. The quantitative estimate of drug-likeness (QED) is 0.0123. The number of aliphatic hydroxyl groups is 2. The number of aliphatic carboxylic acids is 1. The number of aliphatic hydroxyl groups excluding tert-OH is 2. The summed E-state index contributed by atoms with van der Waals surface area (Å²) in [6.07, 6.45) is 14.7. The van der Waals surface area contributed by atoms with Crippen molar-refractivity contribution in [1.29, 1.82) is 0 Å². The van der Waals surface area contributed by atoms with Crippen LogP contribution in [0.2, 0.25) is 0 Å². The Hall–Kier alpha value is -11.2. The molecule has 121 heavy (non-hydrogen) atoms. The molecule has 9 amide bonds. The Morgan fingerprint density at radius 1 is 0.471 bits per heavy atom. The third-order valence-corrected chi connectivity index (χ3v) is 23.2. The van der Waals surface area contributed by atoms with E-state index in [0.717, 1.165) is 146 Å². The number of hydrogen-bond donors (Lipinski definition) is 11. The van der Waals surface area contributed by atoms with E-state index in [-0.39, 0.29) is 90.7 Å². The van der Waals surface area contributed by atoms with Gasteiger partial charge in [0.25, 0.3) is 23.6 Å². The topological polar surface area (TPSA) is 447 Å². The molecule has 4 saturated heterocycles. The van der Waals surface area contributed by atoms with Gasteiger partial charge in [-0.2, -0.15) is 0 Å². The van der Waals surface area contributed by atoms with E-state index in [9.17, 15) is 67.7 Å². The summed E-state index contributed by atoms with van der Waals surface area (Å²) in [4.78, 5) is 176. The molecule has 2 unspecified atom stereocenters. The molecule has 4 aromatic carbocycles. The van der Waals surface area contributed by atoms with Gasteiger partial charge >= 0.3 is 5.97 Å². The fourth-order valence-electron chi connectivity index (χ4n) is 16.6. The Balaban J connectivity index is 0.000000184. The van der Waals surface area contributed by atoms with Crippen LogP contribution in [0.15, 0.2) is 110 Å². The molecule has 33 nitrogen and oxygen atoms in total. The zero-order chi connectivity index (χ0) is 85.3. The Labute approximate surface area is 703 Å². The summed E-state index contributed by atoms with van der Waals surface area (Å²) in [5.74, 6) is -3.81. The number of carbonyl (C=O) groups is 12. The summed E-state index contributed by atoms with van der Waals surface area (Å²) < 4.78 is 0. The van der Waals surface area contributed by atoms with Gasteiger partial charge in [0.05, 0.1) is 46.5 Å². The molecular formula is C88H112N18O15. The number of nitrogens with zero attached hydrogens (tertiary/aromatic N) is 10. The van der Waals surface area contributed by atoms with Crippen molar-refractivity contribution in [3.63, 3.8) is 0 Å². The van der Waals surface area contributed by atoms with E-state index in [1.807, 2.05) is 6.07 Å². The van der Waals surface area contributed by atoms with E-state index in [4.69, 9.17) is 10.8 Å². The second-order valence-corrected chi connectivity index (χ2v) is 32.3. The highest BCUT2D eigenvalue weighted by atomic mass is 16.4. The number of amides is 9. The number of nitrogens with one attached hydrogen (secondary N) is 7. The van der Waals surface area contributed by atoms with Crippen LogP contribution in [0.3, 0.4) is 0 Å². The Morgan fingerprint density at radius 3 is 1.35 bits per heavy atom. The second-order valence-electron chi connectivity index (χ2n) is 32.3. The summed E-state index contributed by atoms with van der Waals surface area (Å²) in [6, 6.07) is 28.8. The molecule has 4 atom stereocenters. The van der Waals surface area contributed by atoms with Crippen LogP contribution >= 0.6 is 0 Å². The fraction of sp³-hybridized carbons (Fsp3) is 0.500. The van der Waals surface area contributed by atoms with Gasteiger partial charge in [0.15, 0.2) is 11.6 Å². The molecule has 12 N–H and O–H groups in total. The maximum Gasteiger partial charge on any atom is 0.303 e. The van der Waals surface area contributed by atoms with Gasteiger partial charge in [-0.1, -0.05) is 99.2 Å². The molecule has 33 heteroatoms. The van der Waals surface area contributed by atoms with Crippen LogP contribution in [0.1, 0.15) is 213 Å². The highest BCUT2D eigenvalue weighted by molar-refractivity contribution is 6.26. The van der Waals surface area contributed by atoms with Gasteiger partial charge in [0.1, 0.15) is 47.8 Å². The van der Waals surface area contributed by atoms with Crippen LogP contribution in [0.4, 0.5) is 23.0 Å². The van der Waals surface area contributed by atoms with Gasteiger partial charge in [0, 0.05) is 167 Å². The number of carbonyl (C=O) groups excluding carboxylic acids is 11. The third-order valence-electron chi connectivity index (χ3n) is 23.2. The lowest BCUT2D eigenvalue weighted by Gasteiger charge is -2.39. The number of unbranched alkanes of at least 4 members (excludes halogenated alkanes) is 8. The summed E-state index contributed by atoms with van der Waals surface area (Å²) in [5.41, 5.74) is 13.8. The summed E-state index contributed by atoms with van der Waals surface area (Å²) in [7, 11) is 0. The van der Waals surface area contributed by atoms with E-state index < -0.39 is 77.5 Å². The average Bonchev–Trinajstić information content (AvgIpc) is 1.61. The van der Waals surface area contributed by atoms with Crippen molar-refractivity contribution in [2.24, 2.45) is 5.73 Å². The number of aromatic nitrogens is 4. The highest BCUT2D eigenvalue weighted by Gasteiger charge is 2.47. The minimum absolute atomic E-state index is 0.0401. The molecule has 10 heterocycles. The predicted molar refractivity (Wildman–Crippen MR) is 450 cm³/mol. The molecule has 644 valence electrons. The monoisotopic (exact) mass is 1660 g/mol. The number of imide groups is 4. The van der Waals surface area contributed by atoms with Crippen molar-refractivity contribution in [3.05, 3.63) is 166 Å². The van der Waals surface area contributed by atoms with E-state index in [1.54, 1.807) is 48.5 Å². The minimum Gasteiger partial charge on any atom is -0.481 e. The largest absolute Gasteiger partial charge is 0.481 e. The standard InChI is InChI=1S/C44H55N9O7.C23H32N6O2.C21H25N3O6/c54-32(27-51-21-18-29-9-5-6-10-30(29)24-51)14-16-37(55)35-23-38(48-28-47-35)49-31-25-52(26-31)22-20-46-39(56)13-4-2-1-3-7-19-45-34-12-8-11-33-41(34)44(60)53(43(33)59)36-15-17-40(57)50-42(36)58;24-8-10-29-13-19(14-29)27-23-11-21(25-16-26-23)22(31)6-5-20(30)15-28-9-7-17-3-1-2-4-18(17)12-28;25-16-11-10-15(19(28)23-16)24-20(29)13-7-6-8-14(18(13)21(24)30)22-12-5-3-1-2-4-9-17(26)27/h5-6,8-12,23,28,31-32,36,45,54H,1-4,7,13-22,24-27H2,(H,46,56)(H,47,48,49)(H,50,57,58);1-4,11,16,19-20,30H,5-10,12-15,24H2,(H,25,26,27);6-8,15,22H,1-5,9-12H2,(H,26,27)(H,23,25,28)/t32-,36?;20-;/m00./s1. The molecule has 8 aliphatic heterocycles. The first-order valence-electron chi connectivity index (χ1n) is 42.6. The molecule has 0 bridgehead atoms. The fourth-order valence-corrected chi connectivity index (χ4v) is 16.6. The number of benzene rings is 4. The summed E-state index contributed by atoms with van der Waals surface area (Å²) in [6.45, 7) is 12.2. The highest BCUT2D eigenvalue weighted by Crippen LogP contribution is 2.35. The third kappa shape index (κ3) is 24.8. The normalized spacial score (nSPS) is 18.5. The van der Waals surface area contributed by atoms with Gasteiger partial charge in [-0.25, -0.2) is 19.9 Å². The maximum atomic E-state index is 13.3. The predicted octanol–water partition coefficient (Wildman–Crippen LogP) is 5.76. The van der Waals surface area contributed by atoms with E-state index >= 15 is 0 Å². The molecule has 2 aromatic heterocycles. The van der Waals surface area contributed by atoms with Gasteiger partial charge in [-0.3, -0.25) is 97.6 Å². The van der Waals surface area contributed by atoms with Gasteiger partial charge < -0.3 is 47.6 Å². The number of Topliss-reactive ketones (excluding diaryl/α,β-unsaturated/α-hetero) is 2. The van der Waals surface area contributed by atoms with E-state index in [1.165, 1.54) is 34.9 Å². The lowest BCUT2D eigenvalue weighted by Crippen LogP contribution is -2.56. The summed E-state index contributed by atoms with van der Waals surface area (Å²) >= 11 is 0. The van der Waals surface area contributed by atoms with Crippen LogP contribution in [0.25, 0.3) is 0 Å². The number of anilines is 4. The number of ketones is 2. The summed E-state index contributed by atoms with van der Waals surface area (Å²) in [5, 5.41) is 50.4. The first-order valence-corrected chi connectivity index (χ1v) is 42.6. The van der Waals surface area contributed by atoms with E-state index in [2.05, 4.69) is 119 Å². The van der Waals surface area contributed by atoms with Crippen LogP contribution in [0, 0.1) is 0 Å². The van der Waals surface area contributed by atoms with Crippen LogP contribution in [-0.4, -0.2) is 263 Å². The van der Waals surface area contributed by atoms with E-state index in [0.29, 0.717) is 105 Å². The number of carboxylic acid groups (broad SMARTS) is 1. The van der Waals surface area contributed by atoms with Crippen LogP contribution in [0.5, 0.6) is 0 Å². The molecule has 8 aliphatic rings. The number of β-amino-alcohol motifs (C(OH)–C–C–N with tert-alkyl or cyclic N) is 2. The zero-order valence-corrected chi connectivity index (χ0v) is 68.5. The van der Waals surface area contributed by atoms with Crippen molar-refractivity contribution in [1.82, 2.24) is 65.3 Å². The van der Waals surface area contributed by atoms with Crippen molar-refractivity contribution in [3.8, 4) is 0 Å². The average molecular weight is 1660 g/mol. The van der Waals surface area contributed by atoms with Crippen molar-refractivity contribution >= 4 is 93.7 Å². The van der Waals surface area contributed by atoms with Crippen molar-refractivity contribution < 1.29 is 72.9 Å². The number of rotatable bonds is 41. The number of carboxylic acids is 1. The Bertz CT molecular complexity index is 4710. The van der Waals surface area contributed by atoms with Gasteiger partial charge in [0.2, 0.25) is 29.5 Å². The van der Waals surface area contributed by atoms with Crippen molar-refractivity contribution in [2.45, 2.75) is 191 Å². The molecule has 14 rings (SSSR count). The molecule has 6 aromatic rings. The van der Waals surface area contributed by atoms with Gasteiger partial charge in [-0.15, -0.1) is 0 Å². The Kier molecular flexibility index (Phi) is 32.3. The molecule has 0 aliphatic carbocycles.